The molecule has 0 radical (unpaired) electrons. The minimum absolute atomic E-state index is 0.143. The van der Waals surface area contributed by atoms with Gasteiger partial charge in [-0.1, -0.05) is 6.92 Å². The number of rotatable bonds is 2. The van der Waals surface area contributed by atoms with Crippen LogP contribution in [0.1, 0.15) is 20.8 Å². The second-order valence-electron chi connectivity index (χ2n) is 4.90. The summed E-state index contributed by atoms with van der Waals surface area (Å²) in [7, 11) is 1.22. The predicted octanol–water partition coefficient (Wildman–Crippen LogP) is 0.0328. The maximum absolute atomic E-state index is 11.3. The van der Waals surface area contributed by atoms with Crippen molar-refractivity contribution in [1.82, 2.24) is 0 Å². The highest BCUT2D eigenvalue weighted by molar-refractivity contribution is 5.75. The molecule has 0 bridgehead atoms. The van der Waals surface area contributed by atoms with Crippen molar-refractivity contribution in [3.8, 4) is 0 Å². The summed E-state index contributed by atoms with van der Waals surface area (Å²) < 4.78 is 21.2. The van der Waals surface area contributed by atoms with E-state index in [1.54, 1.807) is 13.8 Å². The molecule has 5 atom stereocenters. The van der Waals surface area contributed by atoms with Crippen LogP contribution in [0.3, 0.4) is 0 Å². The summed E-state index contributed by atoms with van der Waals surface area (Å²) in [6, 6.07) is 0. The highest BCUT2D eigenvalue weighted by atomic mass is 16.8. The summed E-state index contributed by atoms with van der Waals surface area (Å²) in [6.07, 6.45) is -2.77. The molecule has 2 aliphatic heterocycles. The molecule has 0 aromatic heterocycles. The van der Waals surface area contributed by atoms with Gasteiger partial charge in [0.05, 0.1) is 7.11 Å². The first kappa shape index (κ1) is 12.8. The fourth-order valence-corrected chi connectivity index (χ4v) is 2.30. The van der Waals surface area contributed by atoms with Gasteiger partial charge < -0.3 is 24.1 Å². The molecule has 2 fully saturated rings. The van der Waals surface area contributed by atoms with Crippen LogP contribution in [-0.2, 0) is 23.7 Å². The Balaban J connectivity index is 2.05. The van der Waals surface area contributed by atoms with Crippen LogP contribution in [-0.4, -0.2) is 48.6 Å². The van der Waals surface area contributed by atoms with E-state index in [9.17, 15) is 9.90 Å². The zero-order valence-corrected chi connectivity index (χ0v) is 10.4. The Labute approximate surface area is 99.8 Å². The smallest absolute Gasteiger partial charge is 0.337 e. The van der Waals surface area contributed by atoms with E-state index < -0.39 is 30.3 Å². The standard InChI is InChI=1S/C11H18O6/c1-5-7(6(12)9(13)14-4)15-10-8(5)16-11(2,3)17-10/h5-8,10,12H,1-4H3. The molecule has 17 heavy (non-hydrogen) atoms. The Morgan fingerprint density at radius 1 is 1.41 bits per heavy atom. The SMILES string of the molecule is COC(=O)C(O)C1OC2OC(C)(C)OC2C1C. The molecule has 6 nitrogen and oxygen atoms in total. The van der Waals surface area contributed by atoms with E-state index in [1.165, 1.54) is 7.11 Å². The molecule has 6 heteroatoms. The van der Waals surface area contributed by atoms with E-state index >= 15 is 0 Å². The Bertz CT molecular complexity index is 315. The van der Waals surface area contributed by atoms with Crippen molar-refractivity contribution < 1.29 is 28.8 Å². The molecular weight excluding hydrogens is 228 g/mol. The minimum atomic E-state index is -1.31. The monoisotopic (exact) mass is 246 g/mol. The molecule has 0 amide bonds. The van der Waals surface area contributed by atoms with Gasteiger partial charge in [-0.3, -0.25) is 0 Å². The summed E-state index contributed by atoms with van der Waals surface area (Å²) in [5, 5.41) is 9.76. The third kappa shape index (κ3) is 2.18. The molecule has 98 valence electrons. The van der Waals surface area contributed by atoms with E-state index in [-0.39, 0.29) is 12.0 Å². The van der Waals surface area contributed by atoms with Gasteiger partial charge >= 0.3 is 5.97 Å². The van der Waals surface area contributed by atoms with Crippen LogP contribution >= 0.6 is 0 Å². The van der Waals surface area contributed by atoms with Crippen molar-refractivity contribution in [3.63, 3.8) is 0 Å². The third-order valence-electron chi connectivity index (χ3n) is 3.17. The van der Waals surface area contributed by atoms with Crippen LogP contribution in [0.15, 0.2) is 0 Å². The number of fused-ring (bicyclic) bond motifs is 1. The quantitative estimate of drug-likeness (QED) is 0.693. The van der Waals surface area contributed by atoms with Gasteiger partial charge in [0.1, 0.15) is 12.2 Å². The predicted molar refractivity (Wildman–Crippen MR) is 55.9 cm³/mol. The van der Waals surface area contributed by atoms with Crippen LogP contribution in [0.4, 0.5) is 0 Å². The lowest BCUT2D eigenvalue weighted by atomic mass is 9.97. The van der Waals surface area contributed by atoms with Gasteiger partial charge in [0.25, 0.3) is 0 Å². The van der Waals surface area contributed by atoms with Gasteiger partial charge in [-0.15, -0.1) is 0 Å². The molecular formula is C11H18O6. The average Bonchev–Trinajstić information content (AvgIpc) is 2.71. The van der Waals surface area contributed by atoms with Gasteiger partial charge in [0.15, 0.2) is 18.2 Å². The number of ether oxygens (including phenoxy) is 4. The minimum Gasteiger partial charge on any atom is -0.467 e. The summed E-state index contributed by atoms with van der Waals surface area (Å²) in [4.78, 5) is 11.3. The average molecular weight is 246 g/mol. The molecule has 2 aliphatic rings. The second-order valence-corrected chi connectivity index (χ2v) is 4.90. The molecule has 2 rings (SSSR count). The van der Waals surface area contributed by atoms with Crippen molar-refractivity contribution in [2.45, 2.75) is 51.2 Å². The largest absolute Gasteiger partial charge is 0.467 e. The highest BCUT2D eigenvalue weighted by Crippen LogP contribution is 2.41. The number of aliphatic hydroxyl groups excluding tert-OH is 1. The van der Waals surface area contributed by atoms with E-state index in [2.05, 4.69) is 4.74 Å². The van der Waals surface area contributed by atoms with Crippen LogP contribution in [0, 0.1) is 5.92 Å². The zero-order chi connectivity index (χ0) is 12.8. The lowest BCUT2D eigenvalue weighted by molar-refractivity contribution is -0.221. The van der Waals surface area contributed by atoms with Crippen LogP contribution in [0.25, 0.3) is 0 Å². The summed E-state index contributed by atoms with van der Waals surface area (Å²) in [5.74, 6) is -1.54. The second kappa shape index (κ2) is 4.20. The molecule has 5 unspecified atom stereocenters. The van der Waals surface area contributed by atoms with Crippen LogP contribution in [0.5, 0.6) is 0 Å². The molecule has 0 aromatic rings. The number of esters is 1. The normalized spacial score (nSPS) is 41.0. The number of methoxy groups -OCH3 is 1. The van der Waals surface area contributed by atoms with Crippen LogP contribution in [0.2, 0.25) is 0 Å². The number of hydrogen-bond acceptors (Lipinski definition) is 6. The van der Waals surface area contributed by atoms with E-state index in [0.717, 1.165) is 0 Å². The first-order valence-corrected chi connectivity index (χ1v) is 5.63. The molecule has 0 spiro atoms. The maximum atomic E-state index is 11.3. The maximum Gasteiger partial charge on any atom is 0.337 e. The number of hydrogen-bond donors (Lipinski definition) is 1. The van der Waals surface area contributed by atoms with Crippen molar-refractivity contribution in [3.05, 3.63) is 0 Å². The lowest BCUT2D eigenvalue weighted by Crippen LogP contribution is -2.40. The summed E-state index contributed by atoms with van der Waals surface area (Å²) in [5.41, 5.74) is 0. The van der Waals surface area contributed by atoms with Gasteiger partial charge in [0.2, 0.25) is 0 Å². The van der Waals surface area contributed by atoms with Crippen molar-refractivity contribution in [2.75, 3.05) is 7.11 Å². The Morgan fingerprint density at radius 2 is 2.06 bits per heavy atom. The molecule has 0 aromatic carbocycles. The van der Waals surface area contributed by atoms with Gasteiger partial charge in [-0.25, -0.2) is 4.79 Å². The van der Waals surface area contributed by atoms with Crippen molar-refractivity contribution in [1.29, 1.82) is 0 Å². The number of carbonyl (C=O) groups is 1. The Kier molecular flexibility index (Phi) is 3.15. The first-order chi connectivity index (χ1) is 7.85. The molecule has 2 heterocycles. The lowest BCUT2D eigenvalue weighted by Gasteiger charge is -2.25. The Hall–Kier alpha value is -0.690. The van der Waals surface area contributed by atoms with Crippen molar-refractivity contribution in [2.24, 2.45) is 5.92 Å². The van der Waals surface area contributed by atoms with Gasteiger partial charge in [-0.05, 0) is 13.8 Å². The highest BCUT2D eigenvalue weighted by Gasteiger charge is 2.55. The fraction of sp³-hybridized carbons (Fsp3) is 0.909. The number of aliphatic hydroxyl groups is 1. The van der Waals surface area contributed by atoms with E-state index in [1.807, 2.05) is 6.92 Å². The fourth-order valence-electron chi connectivity index (χ4n) is 2.30. The van der Waals surface area contributed by atoms with Crippen LogP contribution < -0.4 is 0 Å². The topological polar surface area (TPSA) is 74.2 Å². The van der Waals surface area contributed by atoms with E-state index in [0.29, 0.717) is 0 Å². The third-order valence-corrected chi connectivity index (χ3v) is 3.17. The number of carbonyl (C=O) groups excluding carboxylic acids is 1. The zero-order valence-electron chi connectivity index (χ0n) is 10.4. The van der Waals surface area contributed by atoms with Crippen molar-refractivity contribution >= 4 is 5.97 Å². The molecule has 0 saturated carbocycles. The molecule has 2 saturated heterocycles. The van der Waals surface area contributed by atoms with Gasteiger partial charge in [0, 0.05) is 5.92 Å². The Morgan fingerprint density at radius 3 is 2.59 bits per heavy atom. The van der Waals surface area contributed by atoms with E-state index in [4.69, 9.17) is 14.2 Å². The molecule has 0 aliphatic carbocycles. The summed E-state index contributed by atoms with van der Waals surface area (Å²) in [6.45, 7) is 5.45. The summed E-state index contributed by atoms with van der Waals surface area (Å²) >= 11 is 0. The van der Waals surface area contributed by atoms with Gasteiger partial charge in [-0.2, -0.15) is 0 Å². The first-order valence-electron chi connectivity index (χ1n) is 5.63. The molecule has 1 N–H and O–H groups in total.